The van der Waals surface area contributed by atoms with Crippen LogP contribution >= 0.6 is 0 Å². The van der Waals surface area contributed by atoms with E-state index in [4.69, 9.17) is 0 Å². The van der Waals surface area contributed by atoms with Crippen molar-refractivity contribution in [3.05, 3.63) is 66.4 Å². The molecule has 2 aliphatic rings. The Kier molecular flexibility index (Phi) is 6.58. The molecule has 174 valence electrons. The molecule has 2 saturated heterocycles. The Morgan fingerprint density at radius 1 is 1.06 bits per heavy atom. The van der Waals surface area contributed by atoms with Crippen LogP contribution in [0.5, 0.6) is 0 Å². The van der Waals surface area contributed by atoms with Crippen LogP contribution in [0, 0.1) is 5.82 Å². The van der Waals surface area contributed by atoms with Crippen molar-refractivity contribution < 1.29 is 9.50 Å². The van der Waals surface area contributed by atoms with E-state index in [1.165, 1.54) is 17.8 Å². The first-order valence-corrected chi connectivity index (χ1v) is 12.1. The van der Waals surface area contributed by atoms with Crippen molar-refractivity contribution in [2.75, 3.05) is 32.7 Å². The van der Waals surface area contributed by atoms with Gasteiger partial charge in [0, 0.05) is 48.7 Å². The van der Waals surface area contributed by atoms with E-state index in [0.717, 1.165) is 74.4 Å². The molecule has 2 aliphatic heterocycles. The number of aliphatic hydroxyl groups is 1. The van der Waals surface area contributed by atoms with E-state index in [9.17, 15) is 9.50 Å². The number of aliphatic hydroxyl groups excluding tert-OH is 1. The van der Waals surface area contributed by atoms with Gasteiger partial charge in [0.05, 0.1) is 11.8 Å². The topological polar surface area (TPSA) is 55.4 Å². The van der Waals surface area contributed by atoms with Crippen LogP contribution in [0.1, 0.15) is 37.8 Å². The first-order valence-electron chi connectivity index (χ1n) is 12.1. The molecule has 0 spiro atoms. The van der Waals surface area contributed by atoms with Crippen LogP contribution in [0.2, 0.25) is 0 Å². The normalized spacial score (nSPS) is 22.8. The zero-order chi connectivity index (χ0) is 22.8. The zero-order valence-electron chi connectivity index (χ0n) is 19.3. The number of hydrogen-bond acceptors (Lipinski definition) is 4. The van der Waals surface area contributed by atoms with Gasteiger partial charge in [0.2, 0.25) is 0 Å². The third-order valence-corrected chi connectivity index (χ3v) is 7.37. The lowest BCUT2D eigenvalue weighted by molar-refractivity contribution is 0.148. The molecule has 4 heterocycles. The summed E-state index contributed by atoms with van der Waals surface area (Å²) >= 11 is 0. The summed E-state index contributed by atoms with van der Waals surface area (Å²) in [5.74, 6) is 0.257. The van der Waals surface area contributed by atoms with Crippen molar-refractivity contribution in [1.29, 1.82) is 0 Å². The van der Waals surface area contributed by atoms with Gasteiger partial charge in [-0.25, -0.2) is 4.39 Å². The molecule has 5 nitrogen and oxygen atoms in total. The zero-order valence-corrected chi connectivity index (χ0v) is 19.3. The average molecular weight is 449 g/mol. The number of aromatic nitrogens is 2. The van der Waals surface area contributed by atoms with Gasteiger partial charge < -0.3 is 15.0 Å². The number of hydrogen-bond donors (Lipinski definition) is 2. The second-order valence-electron chi connectivity index (χ2n) is 9.46. The van der Waals surface area contributed by atoms with Crippen LogP contribution in [-0.2, 0) is 0 Å². The predicted octanol–water partition coefficient (Wildman–Crippen LogP) is 4.52. The number of β-amino-alcohol motifs (C(OH)–C–C–N with tert-alkyl or cyclic N) is 1. The molecule has 33 heavy (non-hydrogen) atoms. The molecule has 3 aromatic rings. The van der Waals surface area contributed by atoms with Crippen LogP contribution in [0.25, 0.3) is 22.4 Å². The molecular weight excluding hydrogens is 415 g/mol. The van der Waals surface area contributed by atoms with Gasteiger partial charge in [0.15, 0.2) is 0 Å². The maximum Gasteiger partial charge on any atom is 0.123 e. The highest BCUT2D eigenvalue weighted by Crippen LogP contribution is 2.37. The highest BCUT2D eigenvalue weighted by molar-refractivity contribution is 5.82. The number of nitrogens with one attached hydrogen (secondary N) is 1. The number of halogens is 1. The molecule has 0 aliphatic carbocycles. The highest BCUT2D eigenvalue weighted by atomic mass is 19.1. The summed E-state index contributed by atoms with van der Waals surface area (Å²) in [5, 5.41) is 10.1. The summed E-state index contributed by atoms with van der Waals surface area (Å²) in [4.78, 5) is 12.8. The lowest BCUT2D eigenvalue weighted by atomic mass is 9.92. The number of benzene rings is 1. The lowest BCUT2D eigenvalue weighted by Crippen LogP contribution is -2.43. The van der Waals surface area contributed by atoms with Gasteiger partial charge in [-0.15, -0.1) is 0 Å². The van der Waals surface area contributed by atoms with Gasteiger partial charge in [-0.05, 0) is 92.5 Å². The van der Waals surface area contributed by atoms with Crippen molar-refractivity contribution in [3.63, 3.8) is 0 Å². The van der Waals surface area contributed by atoms with Crippen molar-refractivity contribution in [2.24, 2.45) is 0 Å². The van der Waals surface area contributed by atoms with Gasteiger partial charge in [0.1, 0.15) is 5.82 Å². The maximum atomic E-state index is 13.5. The molecule has 0 bridgehead atoms. The monoisotopic (exact) mass is 448 g/mol. The first-order chi connectivity index (χ1) is 16.1. The van der Waals surface area contributed by atoms with Crippen LogP contribution in [-0.4, -0.2) is 69.7 Å². The average Bonchev–Trinajstić information content (AvgIpc) is 3.44. The molecule has 0 saturated carbocycles. The van der Waals surface area contributed by atoms with Crippen LogP contribution in [0.3, 0.4) is 0 Å². The van der Waals surface area contributed by atoms with Crippen molar-refractivity contribution >= 4 is 0 Å². The number of likely N-dealkylation sites (tertiary alicyclic amines) is 2. The third kappa shape index (κ3) is 4.88. The second-order valence-corrected chi connectivity index (χ2v) is 9.46. The maximum absolute atomic E-state index is 13.5. The predicted molar refractivity (Wildman–Crippen MR) is 129 cm³/mol. The molecular formula is C27H33FN4O. The largest absolute Gasteiger partial charge is 0.392 e. The molecule has 2 fully saturated rings. The Hall–Kier alpha value is -2.54. The molecule has 0 unspecified atom stereocenters. The number of nitrogens with zero attached hydrogens (tertiary/aromatic N) is 3. The molecule has 2 atom stereocenters. The van der Waals surface area contributed by atoms with Crippen LogP contribution in [0.4, 0.5) is 4.39 Å². The summed E-state index contributed by atoms with van der Waals surface area (Å²) in [6.45, 7) is 7.19. The summed E-state index contributed by atoms with van der Waals surface area (Å²) in [6, 6.07) is 13.5. The summed E-state index contributed by atoms with van der Waals surface area (Å²) < 4.78 is 13.5. The fourth-order valence-corrected chi connectivity index (χ4v) is 5.56. The SMILES string of the molecule is CCN1C[C@H](O)C[C@H]1CN1CCC(c2cc(-c3ccncc3)c(-c3ccc(F)cc3)[nH]2)CC1. The van der Waals surface area contributed by atoms with Gasteiger partial charge in [0.25, 0.3) is 0 Å². The second kappa shape index (κ2) is 9.75. The minimum Gasteiger partial charge on any atom is -0.392 e. The number of rotatable bonds is 6. The molecule has 6 heteroatoms. The van der Waals surface area contributed by atoms with E-state index in [1.807, 2.05) is 36.7 Å². The Morgan fingerprint density at radius 3 is 2.48 bits per heavy atom. The van der Waals surface area contributed by atoms with E-state index in [0.29, 0.717) is 12.0 Å². The van der Waals surface area contributed by atoms with Crippen LogP contribution < -0.4 is 0 Å². The Bertz CT molecular complexity index is 1040. The number of aromatic amines is 1. The fraction of sp³-hybridized carbons (Fsp3) is 0.444. The third-order valence-electron chi connectivity index (χ3n) is 7.37. The van der Waals surface area contributed by atoms with E-state index < -0.39 is 0 Å². The Balaban J connectivity index is 1.32. The molecule has 2 N–H and O–H groups in total. The molecule has 0 radical (unpaired) electrons. The minimum absolute atomic E-state index is 0.178. The van der Waals surface area contributed by atoms with Crippen molar-refractivity contribution in [1.82, 2.24) is 19.8 Å². The van der Waals surface area contributed by atoms with Crippen molar-refractivity contribution in [2.45, 2.75) is 44.2 Å². The molecule has 0 amide bonds. The Morgan fingerprint density at radius 2 is 1.79 bits per heavy atom. The first kappa shape index (κ1) is 22.3. The number of pyridine rings is 1. The lowest BCUT2D eigenvalue weighted by Gasteiger charge is -2.35. The van der Waals surface area contributed by atoms with Gasteiger partial charge in [-0.1, -0.05) is 6.92 Å². The molecule has 5 rings (SSSR count). The van der Waals surface area contributed by atoms with E-state index in [-0.39, 0.29) is 11.9 Å². The fourth-order valence-electron chi connectivity index (χ4n) is 5.56. The quantitative estimate of drug-likeness (QED) is 0.582. The van der Waals surface area contributed by atoms with Crippen LogP contribution in [0.15, 0.2) is 54.9 Å². The Labute approximate surface area is 195 Å². The van der Waals surface area contributed by atoms with Gasteiger partial charge in [-0.2, -0.15) is 0 Å². The van der Waals surface area contributed by atoms with E-state index in [2.05, 4.69) is 32.8 Å². The number of piperidine rings is 1. The summed E-state index contributed by atoms with van der Waals surface area (Å²) in [5.41, 5.74) is 5.54. The van der Waals surface area contributed by atoms with Gasteiger partial charge >= 0.3 is 0 Å². The summed E-state index contributed by atoms with van der Waals surface area (Å²) in [6.07, 6.45) is 6.56. The molecule has 1 aromatic carbocycles. The van der Waals surface area contributed by atoms with Gasteiger partial charge in [-0.3, -0.25) is 9.88 Å². The number of likely N-dealkylation sites (N-methyl/N-ethyl adjacent to an activating group) is 1. The molecule has 2 aromatic heterocycles. The smallest absolute Gasteiger partial charge is 0.123 e. The van der Waals surface area contributed by atoms with Crippen molar-refractivity contribution in [3.8, 4) is 22.4 Å². The van der Waals surface area contributed by atoms with E-state index >= 15 is 0 Å². The van der Waals surface area contributed by atoms with E-state index in [1.54, 1.807) is 0 Å². The highest BCUT2D eigenvalue weighted by Gasteiger charge is 2.32. The number of H-pyrrole nitrogens is 1. The standard InChI is InChI=1S/C27H33FN4O/c1-2-32-18-24(33)15-23(32)17-31-13-9-20(10-14-31)26-16-25(19-7-11-29-12-8-19)27(30-26)21-3-5-22(28)6-4-21/h3-8,11-12,16,20,23-24,30,33H,2,9-10,13-15,17-18H2,1H3/t23-,24+/m0/s1. The summed E-state index contributed by atoms with van der Waals surface area (Å²) in [7, 11) is 0. The minimum atomic E-state index is -0.222.